The molecule has 0 saturated carbocycles. The second kappa shape index (κ2) is 7.28. The fourth-order valence-electron chi connectivity index (χ4n) is 1.11. The molecule has 0 heterocycles. The van der Waals surface area contributed by atoms with Gasteiger partial charge in [-0.15, -0.1) is 0 Å². The van der Waals surface area contributed by atoms with Gasteiger partial charge in [0.15, 0.2) is 0 Å². The van der Waals surface area contributed by atoms with Crippen LogP contribution in [0.3, 0.4) is 0 Å². The van der Waals surface area contributed by atoms with E-state index in [2.05, 4.69) is 0 Å². The smallest absolute Gasteiger partial charge is 0.373 e. The molecule has 0 fully saturated rings. The molecule has 6 heteroatoms. The summed E-state index contributed by atoms with van der Waals surface area (Å²) in [5.74, 6) is -4.78. The van der Waals surface area contributed by atoms with Crippen LogP contribution in [-0.4, -0.2) is 39.9 Å². The van der Waals surface area contributed by atoms with Crippen LogP contribution in [0.15, 0.2) is 0 Å². The average molecular weight is 234 g/mol. The molecular weight excluding hydrogens is 220 g/mol. The second-order valence-corrected chi connectivity index (χ2v) is 4.03. The van der Waals surface area contributed by atoms with Gasteiger partial charge >= 0.3 is 11.9 Å². The molecule has 0 aromatic carbocycles. The molecule has 1 atom stereocenters. The van der Waals surface area contributed by atoms with Crippen LogP contribution in [0.2, 0.25) is 0 Å². The van der Waals surface area contributed by atoms with Crippen LogP contribution in [-0.2, 0) is 14.4 Å². The van der Waals surface area contributed by atoms with E-state index in [1.807, 2.05) is 6.26 Å². The van der Waals surface area contributed by atoms with Gasteiger partial charge < -0.3 is 10.2 Å². The molecule has 0 aliphatic heterocycles. The molecule has 0 radical (unpaired) electrons. The van der Waals surface area contributed by atoms with Crippen LogP contribution < -0.4 is 0 Å². The fraction of sp³-hybridized carbons (Fsp3) is 0.667. The predicted molar refractivity (Wildman–Crippen MR) is 56.0 cm³/mol. The zero-order valence-corrected chi connectivity index (χ0v) is 9.25. The Morgan fingerprint density at radius 3 is 2.20 bits per heavy atom. The van der Waals surface area contributed by atoms with Gasteiger partial charge in [-0.25, -0.2) is 4.79 Å². The first kappa shape index (κ1) is 14.0. The van der Waals surface area contributed by atoms with Gasteiger partial charge in [-0.05, 0) is 24.9 Å². The number of unbranched alkanes of at least 4 members (excludes halogenated alkanes) is 1. The third-order valence-corrected chi connectivity index (χ3v) is 2.61. The van der Waals surface area contributed by atoms with E-state index in [0.29, 0.717) is 6.42 Å². The van der Waals surface area contributed by atoms with Crippen molar-refractivity contribution in [1.29, 1.82) is 0 Å². The maximum Gasteiger partial charge on any atom is 0.373 e. The quantitative estimate of drug-likeness (QED) is 0.368. The summed E-state index contributed by atoms with van der Waals surface area (Å²) in [6, 6.07) is 0. The molecule has 0 saturated heterocycles. The molecule has 0 aromatic heterocycles. The number of Topliss-reactive ketones (excluding diaryl/α,β-unsaturated/α-hetero) is 1. The summed E-state index contributed by atoms with van der Waals surface area (Å²) >= 11 is 1.63. The molecule has 5 nitrogen and oxygen atoms in total. The van der Waals surface area contributed by atoms with E-state index in [4.69, 9.17) is 10.2 Å². The maximum absolute atomic E-state index is 11.0. The monoisotopic (exact) mass is 234 g/mol. The van der Waals surface area contributed by atoms with Crippen molar-refractivity contribution in [3.8, 4) is 0 Å². The van der Waals surface area contributed by atoms with Gasteiger partial charge in [0.2, 0.25) is 0 Å². The Balaban J connectivity index is 4.12. The average Bonchev–Trinajstić information content (AvgIpc) is 2.16. The van der Waals surface area contributed by atoms with E-state index in [1.54, 1.807) is 11.8 Å². The lowest BCUT2D eigenvalue weighted by Crippen LogP contribution is -2.29. The Labute approximate surface area is 91.9 Å². The van der Waals surface area contributed by atoms with E-state index in [0.717, 1.165) is 12.2 Å². The minimum Gasteiger partial charge on any atom is -0.481 e. The van der Waals surface area contributed by atoms with Gasteiger partial charge in [0.25, 0.3) is 5.78 Å². The number of carboxylic acids is 2. The van der Waals surface area contributed by atoms with Crippen LogP contribution in [0, 0.1) is 5.92 Å². The van der Waals surface area contributed by atoms with Crippen molar-refractivity contribution >= 4 is 29.5 Å². The first-order valence-electron chi connectivity index (χ1n) is 4.49. The van der Waals surface area contributed by atoms with E-state index < -0.39 is 23.6 Å². The normalized spacial score (nSPS) is 12.1. The molecule has 0 bridgehead atoms. The van der Waals surface area contributed by atoms with Crippen LogP contribution in [0.1, 0.15) is 19.3 Å². The fourth-order valence-corrected chi connectivity index (χ4v) is 1.60. The lowest BCUT2D eigenvalue weighted by atomic mass is 9.98. The molecular formula is C9H14O5S. The first-order valence-corrected chi connectivity index (χ1v) is 5.89. The SMILES string of the molecule is CSCCCCC(C(=O)O)C(=O)C(=O)O. The summed E-state index contributed by atoms with van der Waals surface area (Å²) in [6.07, 6.45) is 3.37. The second-order valence-electron chi connectivity index (χ2n) is 3.05. The lowest BCUT2D eigenvalue weighted by molar-refractivity contribution is -0.157. The van der Waals surface area contributed by atoms with Gasteiger partial charge in [-0.3, -0.25) is 9.59 Å². The van der Waals surface area contributed by atoms with Crippen molar-refractivity contribution in [3.05, 3.63) is 0 Å². The van der Waals surface area contributed by atoms with Crippen LogP contribution in [0.5, 0.6) is 0 Å². The summed E-state index contributed by atoms with van der Waals surface area (Å²) in [7, 11) is 0. The predicted octanol–water partition coefficient (Wildman–Crippen LogP) is 0.874. The van der Waals surface area contributed by atoms with Crippen LogP contribution >= 0.6 is 11.8 Å². The van der Waals surface area contributed by atoms with Crippen molar-refractivity contribution < 1.29 is 24.6 Å². The number of carboxylic acid groups (broad SMARTS) is 2. The Morgan fingerprint density at radius 1 is 1.20 bits per heavy atom. The summed E-state index contributed by atoms with van der Waals surface area (Å²) in [5.41, 5.74) is 0. The number of carbonyl (C=O) groups excluding carboxylic acids is 1. The zero-order chi connectivity index (χ0) is 11.8. The third kappa shape index (κ3) is 5.41. The van der Waals surface area contributed by atoms with E-state index in [-0.39, 0.29) is 6.42 Å². The summed E-state index contributed by atoms with van der Waals surface area (Å²) in [4.78, 5) is 31.9. The molecule has 0 spiro atoms. The Morgan fingerprint density at radius 2 is 1.80 bits per heavy atom. The highest BCUT2D eigenvalue weighted by Gasteiger charge is 2.30. The molecule has 0 aliphatic rings. The molecule has 0 amide bonds. The lowest BCUT2D eigenvalue weighted by Gasteiger charge is -2.07. The number of carbonyl (C=O) groups is 3. The van der Waals surface area contributed by atoms with Crippen LogP contribution in [0.25, 0.3) is 0 Å². The largest absolute Gasteiger partial charge is 0.481 e. The van der Waals surface area contributed by atoms with Gasteiger partial charge in [-0.1, -0.05) is 6.42 Å². The number of hydrogen-bond donors (Lipinski definition) is 2. The minimum atomic E-state index is -1.67. The molecule has 0 aromatic rings. The number of thioether (sulfide) groups is 1. The van der Waals surface area contributed by atoms with Crippen molar-refractivity contribution in [2.75, 3.05) is 12.0 Å². The summed E-state index contributed by atoms with van der Waals surface area (Å²) < 4.78 is 0. The van der Waals surface area contributed by atoms with Crippen molar-refractivity contribution in [2.45, 2.75) is 19.3 Å². The van der Waals surface area contributed by atoms with Crippen LogP contribution in [0.4, 0.5) is 0 Å². The highest BCUT2D eigenvalue weighted by atomic mass is 32.2. The highest BCUT2D eigenvalue weighted by Crippen LogP contribution is 2.12. The first-order chi connectivity index (χ1) is 7.00. The molecule has 0 aliphatic carbocycles. The summed E-state index contributed by atoms with van der Waals surface area (Å²) in [5, 5.41) is 17.0. The van der Waals surface area contributed by atoms with Crippen molar-refractivity contribution in [1.82, 2.24) is 0 Å². The summed E-state index contributed by atoms with van der Waals surface area (Å²) in [6.45, 7) is 0. The minimum absolute atomic E-state index is 0.0982. The number of aliphatic carboxylic acids is 2. The number of hydrogen-bond acceptors (Lipinski definition) is 4. The van der Waals surface area contributed by atoms with Crippen molar-refractivity contribution in [2.24, 2.45) is 5.92 Å². The highest BCUT2D eigenvalue weighted by molar-refractivity contribution is 7.98. The third-order valence-electron chi connectivity index (χ3n) is 1.92. The molecule has 15 heavy (non-hydrogen) atoms. The van der Waals surface area contributed by atoms with E-state index >= 15 is 0 Å². The maximum atomic E-state index is 11.0. The number of ketones is 1. The topological polar surface area (TPSA) is 91.7 Å². The Kier molecular flexibility index (Phi) is 6.77. The van der Waals surface area contributed by atoms with Gasteiger partial charge in [0.05, 0.1) is 0 Å². The van der Waals surface area contributed by atoms with E-state index in [9.17, 15) is 14.4 Å². The number of rotatable bonds is 8. The van der Waals surface area contributed by atoms with Gasteiger partial charge in [-0.2, -0.15) is 11.8 Å². The Bertz CT molecular complexity index is 251. The van der Waals surface area contributed by atoms with Gasteiger partial charge in [0.1, 0.15) is 5.92 Å². The van der Waals surface area contributed by atoms with E-state index in [1.165, 1.54) is 0 Å². The zero-order valence-electron chi connectivity index (χ0n) is 8.43. The molecule has 2 N–H and O–H groups in total. The van der Waals surface area contributed by atoms with Gasteiger partial charge in [0, 0.05) is 0 Å². The standard InChI is InChI=1S/C9H14O5S/c1-15-5-3-2-4-6(8(11)12)7(10)9(13)14/h6H,2-5H2,1H3,(H,11,12)(H,13,14). The Hall–Kier alpha value is -1.04. The van der Waals surface area contributed by atoms with Crippen molar-refractivity contribution in [3.63, 3.8) is 0 Å². The molecule has 86 valence electrons. The molecule has 0 rings (SSSR count). The molecule has 1 unspecified atom stereocenters.